The number of halogens is 1. The molecule has 0 heterocycles. The third-order valence-electron chi connectivity index (χ3n) is 0.418. The van der Waals surface area contributed by atoms with Gasteiger partial charge in [0.25, 0.3) is 0 Å². The Morgan fingerprint density at radius 3 is 2.43 bits per heavy atom. The fraction of sp³-hybridized carbons (Fsp3) is 0.750. The fourth-order valence-electron chi connectivity index (χ4n) is 0.148. The Bertz CT molecular complexity index is 59.2. The van der Waals surface area contributed by atoms with Crippen molar-refractivity contribution in [3.63, 3.8) is 0 Å². The molecule has 0 bridgehead atoms. The van der Waals surface area contributed by atoms with Crippen LogP contribution in [0.15, 0.2) is 0 Å². The molecule has 0 saturated carbocycles. The van der Waals surface area contributed by atoms with Gasteiger partial charge in [-0.15, -0.1) is 24.0 Å². The summed E-state index contributed by atoms with van der Waals surface area (Å²) in [6.45, 7) is 0.552. The number of hydrogen-bond donors (Lipinski definition) is 0. The summed E-state index contributed by atoms with van der Waals surface area (Å²) in [5.41, 5.74) is 0. The van der Waals surface area contributed by atoms with Gasteiger partial charge < -0.3 is 4.74 Å². The van der Waals surface area contributed by atoms with Gasteiger partial charge in [-0.2, -0.15) is 5.26 Å². The highest BCUT2D eigenvalue weighted by molar-refractivity contribution is 14.0. The maximum Gasteiger partial charge on any atom is 0.0645 e. The van der Waals surface area contributed by atoms with Gasteiger partial charge in [-0.3, -0.25) is 0 Å². The summed E-state index contributed by atoms with van der Waals surface area (Å²) in [7, 11) is 1.58. The van der Waals surface area contributed by atoms with Gasteiger partial charge in [0, 0.05) is 7.11 Å². The molecular formula is C4H8INO. The van der Waals surface area contributed by atoms with E-state index in [2.05, 4.69) is 4.74 Å². The van der Waals surface area contributed by atoms with Crippen molar-refractivity contribution in [1.82, 2.24) is 0 Å². The highest BCUT2D eigenvalue weighted by atomic mass is 127. The number of nitrogens with zero attached hydrogens (tertiary/aromatic N) is 1. The number of rotatable bonds is 2. The second-order valence-electron chi connectivity index (χ2n) is 0.901. The first-order valence-corrected chi connectivity index (χ1v) is 1.77. The lowest BCUT2D eigenvalue weighted by Gasteiger charge is -1.82. The summed E-state index contributed by atoms with van der Waals surface area (Å²) in [6, 6.07) is 1.94. The van der Waals surface area contributed by atoms with Crippen LogP contribution < -0.4 is 0 Å². The van der Waals surface area contributed by atoms with Crippen LogP contribution in [0.4, 0.5) is 0 Å². The molecule has 0 aromatic heterocycles. The average Bonchev–Trinajstić information content (AvgIpc) is 1.61. The van der Waals surface area contributed by atoms with Gasteiger partial charge >= 0.3 is 0 Å². The van der Waals surface area contributed by atoms with Gasteiger partial charge in [-0.05, 0) is 0 Å². The maximum absolute atomic E-state index is 7.87. The molecule has 0 aliphatic carbocycles. The van der Waals surface area contributed by atoms with E-state index in [1.807, 2.05) is 6.07 Å². The molecule has 2 nitrogen and oxygen atoms in total. The first kappa shape index (κ1) is 10.2. The third kappa shape index (κ3) is 10.7. The summed E-state index contributed by atoms with van der Waals surface area (Å²) < 4.78 is 4.56. The van der Waals surface area contributed by atoms with Crippen molar-refractivity contribution >= 4 is 24.0 Å². The first-order valence-electron chi connectivity index (χ1n) is 1.77. The molecule has 0 unspecified atom stereocenters. The molecule has 0 amide bonds. The molecule has 0 rings (SSSR count). The Morgan fingerprint density at radius 2 is 2.29 bits per heavy atom. The van der Waals surface area contributed by atoms with E-state index >= 15 is 0 Å². The van der Waals surface area contributed by atoms with Crippen LogP contribution in [0.2, 0.25) is 0 Å². The van der Waals surface area contributed by atoms with Crippen LogP contribution in [0.25, 0.3) is 0 Å². The molecule has 42 valence electrons. The van der Waals surface area contributed by atoms with Gasteiger partial charge in [-0.25, -0.2) is 0 Å². The van der Waals surface area contributed by atoms with E-state index < -0.39 is 0 Å². The van der Waals surface area contributed by atoms with Gasteiger partial charge in [0.1, 0.15) is 0 Å². The predicted octanol–water partition coefficient (Wildman–Crippen LogP) is 1.16. The molecule has 0 aliphatic heterocycles. The first-order chi connectivity index (χ1) is 2.91. The lowest BCUT2D eigenvalue weighted by molar-refractivity contribution is 0.205. The normalized spacial score (nSPS) is 6.29. The van der Waals surface area contributed by atoms with E-state index in [0.29, 0.717) is 13.0 Å². The lowest BCUT2D eigenvalue weighted by atomic mass is 10.5. The third-order valence-corrected chi connectivity index (χ3v) is 0.418. The quantitative estimate of drug-likeness (QED) is 0.509. The predicted molar refractivity (Wildman–Crippen MR) is 37.5 cm³/mol. The second-order valence-corrected chi connectivity index (χ2v) is 0.901. The SMILES string of the molecule is COCCC#N.I. The van der Waals surface area contributed by atoms with Gasteiger partial charge in [0.05, 0.1) is 19.1 Å². The van der Waals surface area contributed by atoms with E-state index in [1.165, 1.54) is 0 Å². The van der Waals surface area contributed by atoms with Gasteiger partial charge in [0.2, 0.25) is 0 Å². The van der Waals surface area contributed by atoms with Crippen molar-refractivity contribution in [2.24, 2.45) is 0 Å². The molecule has 0 saturated heterocycles. The van der Waals surface area contributed by atoms with E-state index in [9.17, 15) is 0 Å². The Kier molecular flexibility index (Phi) is 13.9. The van der Waals surface area contributed by atoms with Crippen LogP contribution in [-0.2, 0) is 4.74 Å². The molecule has 0 atom stereocenters. The molecule has 0 aromatic rings. The van der Waals surface area contributed by atoms with Crippen molar-refractivity contribution in [3.05, 3.63) is 0 Å². The van der Waals surface area contributed by atoms with Crippen molar-refractivity contribution in [1.29, 1.82) is 5.26 Å². The highest BCUT2D eigenvalue weighted by Crippen LogP contribution is 1.71. The van der Waals surface area contributed by atoms with Crippen molar-refractivity contribution in [2.45, 2.75) is 6.42 Å². The largest absolute Gasteiger partial charge is 0.384 e. The number of hydrogen-bond acceptors (Lipinski definition) is 2. The molecule has 0 aromatic carbocycles. The Balaban J connectivity index is 0. The van der Waals surface area contributed by atoms with Crippen molar-refractivity contribution < 1.29 is 4.74 Å². The molecule has 0 aliphatic rings. The van der Waals surface area contributed by atoms with Crippen LogP contribution in [0, 0.1) is 11.3 Å². The minimum absolute atomic E-state index is 0. The number of nitriles is 1. The van der Waals surface area contributed by atoms with Crippen LogP contribution in [0.1, 0.15) is 6.42 Å². The zero-order valence-corrected chi connectivity index (χ0v) is 6.51. The molecule has 0 N–H and O–H groups in total. The zero-order chi connectivity index (χ0) is 4.83. The van der Waals surface area contributed by atoms with E-state index in [1.54, 1.807) is 7.11 Å². The van der Waals surface area contributed by atoms with Crippen molar-refractivity contribution in [3.8, 4) is 6.07 Å². The lowest BCUT2D eigenvalue weighted by Crippen LogP contribution is -1.82. The minimum Gasteiger partial charge on any atom is -0.384 e. The minimum atomic E-state index is 0. The summed E-state index contributed by atoms with van der Waals surface area (Å²) in [5.74, 6) is 0. The zero-order valence-electron chi connectivity index (χ0n) is 4.18. The molecule has 0 spiro atoms. The van der Waals surface area contributed by atoms with E-state index in [-0.39, 0.29) is 24.0 Å². The summed E-state index contributed by atoms with van der Waals surface area (Å²) >= 11 is 0. The fourth-order valence-corrected chi connectivity index (χ4v) is 0.148. The van der Waals surface area contributed by atoms with Crippen LogP contribution in [-0.4, -0.2) is 13.7 Å². The Labute approximate surface area is 60.5 Å². The van der Waals surface area contributed by atoms with Crippen LogP contribution >= 0.6 is 24.0 Å². The topological polar surface area (TPSA) is 33.0 Å². The monoisotopic (exact) mass is 213 g/mol. The Hall–Kier alpha value is 0.180. The van der Waals surface area contributed by atoms with Crippen LogP contribution in [0.3, 0.4) is 0 Å². The number of ether oxygens (including phenoxy) is 1. The van der Waals surface area contributed by atoms with Gasteiger partial charge in [0.15, 0.2) is 0 Å². The summed E-state index contributed by atoms with van der Waals surface area (Å²) in [6.07, 6.45) is 0.497. The average molecular weight is 213 g/mol. The van der Waals surface area contributed by atoms with Crippen molar-refractivity contribution in [2.75, 3.05) is 13.7 Å². The summed E-state index contributed by atoms with van der Waals surface area (Å²) in [4.78, 5) is 0. The standard InChI is InChI=1S/C4H7NO.HI/c1-6-4-2-3-5;/h2,4H2,1H3;1H. The van der Waals surface area contributed by atoms with E-state index in [0.717, 1.165) is 0 Å². The molecular weight excluding hydrogens is 205 g/mol. The summed E-state index contributed by atoms with van der Waals surface area (Å²) in [5, 5.41) is 7.87. The molecule has 0 radical (unpaired) electrons. The second kappa shape index (κ2) is 9.49. The van der Waals surface area contributed by atoms with Gasteiger partial charge in [-0.1, -0.05) is 0 Å². The molecule has 3 heteroatoms. The van der Waals surface area contributed by atoms with Crippen LogP contribution in [0.5, 0.6) is 0 Å². The molecule has 0 fully saturated rings. The maximum atomic E-state index is 7.87. The molecule has 7 heavy (non-hydrogen) atoms. The smallest absolute Gasteiger partial charge is 0.0645 e. The van der Waals surface area contributed by atoms with E-state index in [4.69, 9.17) is 5.26 Å². The number of methoxy groups -OCH3 is 1. The highest BCUT2D eigenvalue weighted by Gasteiger charge is 1.73. The Morgan fingerprint density at radius 1 is 1.71 bits per heavy atom.